The Morgan fingerprint density at radius 1 is 0.714 bits per heavy atom. The Morgan fingerprint density at radius 3 is 0.714 bits per heavy atom. The van der Waals surface area contributed by atoms with Gasteiger partial charge < -0.3 is 21.9 Å². The van der Waals surface area contributed by atoms with Crippen LogP contribution in [0, 0.1) is 0 Å². The van der Waals surface area contributed by atoms with Gasteiger partial charge in [-0.05, 0) is 0 Å². The van der Waals surface area contributed by atoms with Crippen molar-refractivity contribution in [3.05, 3.63) is 0 Å². The van der Waals surface area contributed by atoms with Crippen LogP contribution in [-0.2, 0) is 13.2 Å². The van der Waals surface area contributed by atoms with Crippen LogP contribution in [0.4, 0.5) is 0 Å². The molecule has 0 aromatic carbocycles. The van der Waals surface area contributed by atoms with Crippen molar-refractivity contribution in [2.45, 2.75) is 0 Å². The van der Waals surface area contributed by atoms with Crippen LogP contribution < -0.4 is 0 Å². The van der Waals surface area contributed by atoms with Crippen LogP contribution in [0.25, 0.3) is 0 Å². The van der Waals surface area contributed by atoms with Gasteiger partial charge in [-0.25, -0.2) is 0 Å². The van der Waals surface area contributed by atoms with Gasteiger partial charge in [0, 0.05) is 0 Å². The van der Waals surface area contributed by atoms with Gasteiger partial charge in [0.25, 0.3) is 0 Å². The molecule has 0 bridgehead atoms. The molecule has 0 amide bonds. The van der Waals surface area contributed by atoms with E-state index < -0.39 is 0 Å². The molecular weight excluding hydrogens is 289 g/mol. The molecule has 0 spiro atoms. The predicted molar refractivity (Wildman–Crippen MR) is 32.3 cm³/mol. The van der Waals surface area contributed by atoms with E-state index in [9.17, 15) is 0 Å². The first-order valence-corrected chi connectivity index (χ1v) is 14.4. The van der Waals surface area contributed by atoms with Crippen LogP contribution in [0.2, 0.25) is 0 Å². The summed E-state index contributed by atoms with van der Waals surface area (Å²) in [6, 6.07) is 0. The van der Waals surface area contributed by atoms with Crippen LogP contribution in [0.15, 0.2) is 0 Å². The van der Waals surface area contributed by atoms with Crippen LogP contribution >= 0.6 is 27.2 Å². The molecule has 0 saturated carbocycles. The Morgan fingerprint density at radius 2 is 0.714 bits per heavy atom. The summed E-state index contributed by atoms with van der Waals surface area (Å²) in [5.41, 5.74) is 0. The van der Waals surface area contributed by atoms with Crippen LogP contribution in [0.3, 0.4) is 0 Å². The Bertz CT molecular complexity index is 9.65. The van der Waals surface area contributed by atoms with E-state index in [1.54, 1.807) is 0 Å². The van der Waals surface area contributed by atoms with Crippen LogP contribution in [0.1, 0.15) is 0 Å². The molecular formula is H8Br2O4Zn. The summed E-state index contributed by atoms with van der Waals surface area (Å²) in [5.74, 6) is 0. The summed E-state index contributed by atoms with van der Waals surface area (Å²) < 4.78 is 0. The van der Waals surface area contributed by atoms with Crippen molar-refractivity contribution in [3.8, 4) is 0 Å². The van der Waals surface area contributed by atoms with E-state index in [-0.39, 0.29) is 35.1 Å². The SMILES string of the molecule is O.O.O.O.[Br][Zn][Br]. The Balaban J connectivity index is -0.00000000333. The van der Waals surface area contributed by atoms with Crippen molar-refractivity contribution < 1.29 is 35.1 Å². The normalized spacial score (nSPS) is 1.43. The zero-order valence-electron chi connectivity index (χ0n) is 3.46. The molecule has 0 aromatic heterocycles. The summed E-state index contributed by atoms with van der Waals surface area (Å²) in [5, 5.41) is 0. The van der Waals surface area contributed by atoms with Crippen molar-refractivity contribution in [1.82, 2.24) is 0 Å². The first-order valence-electron chi connectivity index (χ1n) is 0.535. The molecule has 0 radical (unpaired) electrons. The summed E-state index contributed by atoms with van der Waals surface area (Å²) >= 11 is 6.25. The van der Waals surface area contributed by atoms with Gasteiger partial charge in [0.15, 0.2) is 0 Å². The molecule has 7 heteroatoms. The van der Waals surface area contributed by atoms with E-state index in [2.05, 4.69) is 27.2 Å². The quantitative estimate of drug-likeness (QED) is 0.477. The zero-order valence-corrected chi connectivity index (χ0v) is 9.60. The maximum absolute atomic E-state index is 3.25. The van der Waals surface area contributed by atoms with E-state index >= 15 is 0 Å². The van der Waals surface area contributed by atoms with E-state index in [1.165, 1.54) is 0 Å². The van der Waals surface area contributed by atoms with Gasteiger partial charge in [-0.1, -0.05) is 0 Å². The van der Waals surface area contributed by atoms with Gasteiger partial charge in [0.05, 0.1) is 0 Å². The molecule has 0 rings (SSSR count). The first kappa shape index (κ1) is 39.6. The van der Waals surface area contributed by atoms with Gasteiger partial charge in [-0.2, -0.15) is 0 Å². The van der Waals surface area contributed by atoms with Crippen molar-refractivity contribution in [3.63, 3.8) is 0 Å². The minimum absolute atomic E-state index is 0. The van der Waals surface area contributed by atoms with Crippen LogP contribution in [-0.4, -0.2) is 21.9 Å². The van der Waals surface area contributed by atoms with Crippen molar-refractivity contribution >= 4 is 27.2 Å². The second kappa shape index (κ2) is 52.2. The van der Waals surface area contributed by atoms with Crippen molar-refractivity contribution in [2.75, 3.05) is 0 Å². The Labute approximate surface area is 62.2 Å². The van der Waals surface area contributed by atoms with E-state index in [1.807, 2.05) is 0 Å². The molecule has 0 aromatic rings. The second-order valence-electron chi connectivity index (χ2n) is 0.101. The minimum atomic E-state index is -0.250. The third kappa shape index (κ3) is 108. The van der Waals surface area contributed by atoms with Gasteiger partial charge in [0.2, 0.25) is 0 Å². The Hall–Kier alpha value is 1.42. The van der Waals surface area contributed by atoms with E-state index in [0.717, 1.165) is 0 Å². The summed E-state index contributed by atoms with van der Waals surface area (Å²) in [6.45, 7) is 0. The molecule has 7 heavy (non-hydrogen) atoms. The average molecular weight is 297 g/mol. The van der Waals surface area contributed by atoms with E-state index in [4.69, 9.17) is 0 Å². The molecule has 0 aliphatic rings. The summed E-state index contributed by atoms with van der Waals surface area (Å²) in [6.07, 6.45) is 0. The number of rotatable bonds is 0. The van der Waals surface area contributed by atoms with Crippen LogP contribution in [0.5, 0.6) is 0 Å². The first-order chi connectivity index (χ1) is 1.41. The molecule has 0 aliphatic carbocycles. The molecule has 0 atom stereocenters. The Kier molecular flexibility index (Phi) is 295. The molecule has 0 aliphatic heterocycles. The monoisotopic (exact) mass is 294 g/mol. The van der Waals surface area contributed by atoms with Gasteiger partial charge in [-0.15, -0.1) is 0 Å². The number of hydrogen-bond acceptors (Lipinski definition) is 0. The molecule has 0 saturated heterocycles. The van der Waals surface area contributed by atoms with Gasteiger partial charge >= 0.3 is 40.5 Å². The molecule has 4 nitrogen and oxygen atoms in total. The summed E-state index contributed by atoms with van der Waals surface area (Å²) in [7, 11) is 0. The third-order valence-corrected chi connectivity index (χ3v) is 0. The molecule has 48 valence electrons. The summed E-state index contributed by atoms with van der Waals surface area (Å²) in [4.78, 5) is 0. The van der Waals surface area contributed by atoms with Crippen molar-refractivity contribution in [2.24, 2.45) is 0 Å². The van der Waals surface area contributed by atoms with Gasteiger partial charge in [-0.3, -0.25) is 0 Å². The number of halogens is 2. The zero-order chi connectivity index (χ0) is 2.71. The fourth-order valence-electron chi connectivity index (χ4n) is 0. The van der Waals surface area contributed by atoms with Gasteiger partial charge in [0.1, 0.15) is 0 Å². The predicted octanol–water partition coefficient (Wildman–Crippen LogP) is -1.61. The average Bonchev–Trinajstić information content (AvgIpc) is 0.918. The fraction of sp³-hybridized carbons (Fsp3) is 0. The second-order valence-corrected chi connectivity index (χ2v) is 14.2. The topological polar surface area (TPSA) is 126 Å². The third-order valence-electron chi connectivity index (χ3n) is 0. The molecule has 0 heterocycles. The number of hydrogen-bond donors (Lipinski definition) is 0. The molecule has 8 N–H and O–H groups in total. The molecule has 0 unspecified atom stereocenters. The standard InChI is InChI=1S/2BrH.4H2O.Zn/h2*1H;4*1H2;/q;;;;;;+2/p-2. The van der Waals surface area contributed by atoms with E-state index in [0.29, 0.717) is 0 Å². The molecule has 0 fully saturated rings. The van der Waals surface area contributed by atoms with Crippen molar-refractivity contribution in [1.29, 1.82) is 0 Å². The maximum atomic E-state index is 3.25. The fourth-order valence-corrected chi connectivity index (χ4v) is 0.